The molecule has 0 saturated carbocycles. The average Bonchev–Trinajstić information content (AvgIpc) is 3.09. The number of aryl methyl sites for hydroxylation is 1. The van der Waals surface area contributed by atoms with Crippen molar-refractivity contribution in [3.8, 4) is 11.5 Å². The minimum Gasteiger partial charge on any atom is -0.493 e. The molecule has 2 aromatic rings. The lowest BCUT2D eigenvalue weighted by Crippen LogP contribution is -2.24. The van der Waals surface area contributed by atoms with E-state index in [2.05, 4.69) is 17.2 Å². The standard InChI is InChI=1S/C18H22N2O3S/c1-5-18-20-14(11-24-18)12(2)19-17(21)9-7-13-6-8-15(22-3)16(10-13)23-4/h6-12H,5H2,1-4H3,(H,19,21). The van der Waals surface area contributed by atoms with Gasteiger partial charge in [0.25, 0.3) is 0 Å². The molecule has 0 saturated heterocycles. The number of hydrogen-bond donors (Lipinski definition) is 1. The van der Waals surface area contributed by atoms with E-state index in [-0.39, 0.29) is 11.9 Å². The van der Waals surface area contributed by atoms with Gasteiger partial charge in [-0.1, -0.05) is 13.0 Å². The molecular weight excluding hydrogens is 324 g/mol. The van der Waals surface area contributed by atoms with Gasteiger partial charge in [-0.3, -0.25) is 4.79 Å². The number of benzene rings is 1. The van der Waals surface area contributed by atoms with Crippen molar-refractivity contribution in [2.75, 3.05) is 14.2 Å². The molecule has 0 aliphatic heterocycles. The zero-order valence-electron chi connectivity index (χ0n) is 14.3. The summed E-state index contributed by atoms with van der Waals surface area (Å²) < 4.78 is 10.4. The molecule has 6 heteroatoms. The molecule has 0 bridgehead atoms. The van der Waals surface area contributed by atoms with Crippen LogP contribution in [0, 0.1) is 0 Å². The highest BCUT2D eigenvalue weighted by atomic mass is 32.1. The number of nitrogens with one attached hydrogen (secondary N) is 1. The summed E-state index contributed by atoms with van der Waals surface area (Å²) in [6.07, 6.45) is 4.15. The first-order valence-corrected chi connectivity index (χ1v) is 8.60. The fourth-order valence-corrected chi connectivity index (χ4v) is 2.99. The van der Waals surface area contributed by atoms with Crippen molar-refractivity contribution in [3.63, 3.8) is 0 Å². The van der Waals surface area contributed by atoms with Crippen molar-refractivity contribution >= 4 is 23.3 Å². The van der Waals surface area contributed by atoms with E-state index < -0.39 is 0 Å². The largest absolute Gasteiger partial charge is 0.493 e. The van der Waals surface area contributed by atoms with Gasteiger partial charge in [0.2, 0.25) is 5.91 Å². The van der Waals surface area contributed by atoms with E-state index in [9.17, 15) is 4.79 Å². The van der Waals surface area contributed by atoms with Gasteiger partial charge in [-0.25, -0.2) is 4.98 Å². The Bertz CT molecular complexity index is 725. The van der Waals surface area contributed by atoms with Crippen LogP contribution in [0.1, 0.15) is 36.2 Å². The zero-order valence-corrected chi connectivity index (χ0v) is 15.1. The van der Waals surface area contributed by atoms with E-state index in [0.717, 1.165) is 22.7 Å². The summed E-state index contributed by atoms with van der Waals surface area (Å²) in [6.45, 7) is 3.99. The molecule has 0 fully saturated rings. The maximum absolute atomic E-state index is 12.1. The summed E-state index contributed by atoms with van der Waals surface area (Å²) in [5.41, 5.74) is 1.75. The summed E-state index contributed by atoms with van der Waals surface area (Å²) in [6, 6.07) is 5.37. The first kappa shape index (κ1) is 18.0. The van der Waals surface area contributed by atoms with Gasteiger partial charge in [0, 0.05) is 11.5 Å². The normalized spacial score (nSPS) is 12.2. The summed E-state index contributed by atoms with van der Waals surface area (Å²) in [5.74, 6) is 1.12. The van der Waals surface area contributed by atoms with Crippen molar-refractivity contribution in [1.29, 1.82) is 0 Å². The Labute approximate surface area is 146 Å². The van der Waals surface area contributed by atoms with Crippen LogP contribution in [0.25, 0.3) is 6.08 Å². The van der Waals surface area contributed by atoms with Crippen molar-refractivity contribution in [3.05, 3.63) is 45.9 Å². The lowest BCUT2D eigenvalue weighted by molar-refractivity contribution is -0.117. The Morgan fingerprint density at radius 1 is 1.33 bits per heavy atom. The Morgan fingerprint density at radius 3 is 2.71 bits per heavy atom. The molecule has 0 aliphatic rings. The molecule has 1 heterocycles. The minimum absolute atomic E-state index is 0.121. The predicted octanol–water partition coefficient (Wildman–Crippen LogP) is 3.61. The number of aromatic nitrogens is 1. The van der Waals surface area contributed by atoms with Crippen molar-refractivity contribution in [1.82, 2.24) is 10.3 Å². The van der Waals surface area contributed by atoms with Crippen LogP contribution < -0.4 is 14.8 Å². The van der Waals surface area contributed by atoms with E-state index in [1.165, 1.54) is 6.08 Å². The Kier molecular flexibility index (Phi) is 6.37. The number of carbonyl (C=O) groups excluding carboxylic acids is 1. The third kappa shape index (κ3) is 4.58. The third-order valence-electron chi connectivity index (χ3n) is 3.51. The molecule has 0 spiro atoms. The van der Waals surface area contributed by atoms with Crippen LogP contribution in [0.2, 0.25) is 0 Å². The van der Waals surface area contributed by atoms with Crippen LogP contribution in [0.4, 0.5) is 0 Å². The van der Waals surface area contributed by atoms with Crippen molar-refractivity contribution in [2.24, 2.45) is 0 Å². The monoisotopic (exact) mass is 346 g/mol. The van der Waals surface area contributed by atoms with Gasteiger partial charge in [0.15, 0.2) is 11.5 Å². The Balaban J connectivity index is 1.99. The highest BCUT2D eigenvalue weighted by molar-refractivity contribution is 7.09. The molecule has 24 heavy (non-hydrogen) atoms. The van der Waals surface area contributed by atoms with E-state index in [1.807, 2.05) is 24.4 Å². The first-order chi connectivity index (χ1) is 11.6. The second-order valence-corrected chi connectivity index (χ2v) is 6.14. The molecule has 1 atom stereocenters. The van der Waals surface area contributed by atoms with Gasteiger partial charge in [0.05, 0.1) is 31.0 Å². The van der Waals surface area contributed by atoms with Crippen LogP contribution in [0.15, 0.2) is 29.7 Å². The van der Waals surface area contributed by atoms with Gasteiger partial charge >= 0.3 is 0 Å². The zero-order chi connectivity index (χ0) is 17.5. The quantitative estimate of drug-likeness (QED) is 0.778. The highest BCUT2D eigenvalue weighted by Gasteiger charge is 2.11. The molecule has 1 amide bonds. The molecule has 2 rings (SSSR count). The lowest BCUT2D eigenvalue weighted by Gasteiger charge is -2.10. The maximum Gasteiger partial charge on any atom is 0.244 e. The minimum atomic E-state index is -0.164. The first-order valence-electron chi connectivity index (χ1n) is 7.72. The van der Waals surface area contributed by atoms with E-state index in [0.29, 0.717) is 11.5 Å². The third-order valence-corrected chi connectivity index (χ3v) is 4.52. The van der Waals surface area contributed by atoms with Crippen molar-refractivity contribution < 1.29 is 14.3 Å². The van der Waals surface area contributed by atoms with Gasteiger partial charge in [0.1, 0.15) is 0 Å². The van der Waals surface area contributed by atoms with Crippen LogP contribution in [0.3, 0.4) is 0 Å². The fourth-order valence-electron chi connectivity index (χ4n) is 2.15. The summed E-state index contributed by atoms with van der Waals surface area (Å²) in [4.78, 5) is 16.6. The Morgan fingerprint density at radius 2 is 2.08 bits per heavy atom. The predicted molar refractivity (Wildman–Crippen MR) is 96.6 cm³/mol. The molecule has 1 unspecified atom stereocenters. The van der Waals surface area contributed by atoms with E-state index in [1.54, 1.807) is 37.7 Å². The van der Waals surface area contributed by atoms with E-state index in [4.69, 9.17) is 9.47 Å². The molecule has 128 valence electrons. The topological polar surface area (TPSA) is 60.5 Å². The second-order valence-electron chi connectivity index (χ2n) is 5.20. The molecular formula is C18H22N2O3S. The number of carbonyl (C=O) groups is 1. The molecule has 5 nitrogen and oxygen atoms in total. The summed E-state index contributed by atoms with van der Waals surface area (Å²) >= 11 is 1.62. The fraction of sp³-hybridized carbons (Fsp3) is 0.333. The van der Waals surface area contributed by atoms with Crippen LogP contribution in [-0.2, 0) is 11.2 Å². The van der Waals surface area contributed by atoms with Crippen LogP contribution in [0.5, 0.6) is 11.5 Å². The number of thiazole rings is 1. The SMILES string of the molecule is CCc1nc(C(C)NC(=O)C=Cc2ccc(OC)c(OC)c2)cs1. The van der Waals surface area contributed by atoms with Gasteiger partial charge < -0.3 is 14.8 Å². The maximum atomic E-state index is 12.1. The van der Waals surface area contributed by atoms with Crippen LogP contribution >= 0.6 is 11.3 Å². The lowest BCUT2D eigenvalue weighted by atomic mass is 10.2. The average molecular weight is 346 g/mol. The molecule has 1 aromatic heterocycles. The van der Waals surface area contributed by atoms with E-state index >= 15 is 0 Å². The van der Waals surface area contributed by atoms with Crippen molar-refractivity contribution in [2.45, 2.75) is 26.3 Å². The number of hydrogen-bond acceptors (Lipinski definition) is 5. The number of rotatable bonds is 7. The number of methoxy groups -OCH3 is 2. The number of nitrogens with zero attached hydrogens (tertiary/aromatic N) is 1. The number of amides is 1. The number of ether oxygens (including phenoxy) is 2. The summed E-state index contributed by atoms with van der Waals surface area (Å²) in [5, 5.41) is 5.98. The summed E-state index contributed by atoms with van der Waals surface area (Å²) in [7, 11) is 3.17. The second kappa shape index (κ2) is 8.49. The van der Waals surface area contributed by atoms with Gasteiger partial charge in [-0.15, -0.1) is 11.3 Å². The smallest absolute Gasteiger partial charge is 0.244 e. The molecule has 1 N–H and O–H groups in total. The van der Waals surface area contributed by atoms with Gasteiger partial charge in [-0.2, -0.15) is 0 Å². The Hall–Kier alpha value is -2.34. The van der Waals surface area contributed by atoms with Gasteiger partial charge in [-0.05, 0) is 37.1 Å². The highest BCUT2D eigenvalue weighted by Crippen LogP contribution is 2.28. The van der Waals surface area contributed by atoms with Crippen LogP contribution in [-0.4, -0.2) is 25.1 Å². The molecule has 0 aliphatic carbocycles. The molecule has 0 radical (unpaired) electrons. The molecule has 1 aromatic carbocycles.